The van der Waals surface area contributed by atoms with Crippen molar-refractivity contribution < 1.29 is 4.74 Å². The van der Waals surface area contributed by atoms with Crippen LogP contribution in [-0.4, -0.2) is 42.3 Å². The monoisotopic (exact) mass is 292 g/mol. The highest BCUT2D eigenvalue weighted by molar-refractivity contribution is 5.44. The summed E-state index contributed by atoms with van der Waals surface area (Å²) in [5, 5.41) is 3.33. The summed E-state index contributed by atoms with van der Waals surface area (Å²) in [7, 11) is 0. The molecule has 0 saturated carbocycles. The van der Waals surface area contributed by atoms with Gasteiger partial charge in [0, 0.05) is 38.0 Å². The molecule has 21 heavy (non-hydrogen) atoms. The molecule has 0 radical (unpaired) electrons. The van der Waals surface area contributed by atoms with Crippen LogP contribution in [0.3, 0.4) is 0 Å². The maximum Gasteiger partial charge on any atom is 0.224 e. The van der Waals surface area contributed by atoms with Gasteiger partial charge in [0.05, 0.1) is 6.10 Å². The van der Waals surface area contributed by atoms with E-state index in [4.69, 9.17) is 4.74 Å². The minimum Gasteiger partial charge on any atom is -0.376 e. The highest BCUT2D eigenvalue weighted by Crippen LogP contribution is 2.17. The summed E-state index contributed by atoms with van der Waals surface area (Å²) >= 11 is 0. The smallest absolute Gasteiger partial charge is 0.224 e. The van der Waals surface area contributed by atoms with Crippen molar-refractivity contribution in [1.82, 2.24) is 9.97 Å². The van der Waals surface area contributed by atoms with Crippen molar-refractivity contribution in [2.45, 2.75) is 52.6 Å². The Morgan fingerprint density at radius 1 is 1.29 bits per heavy atom. The van der Waals surface area contributed by atoms with Gasteiger partial charge in [0.25, 0.3) is 0 Å². The molecular formula is C16H28N4O. The number of aromatic nitrogens is 2. The number of nitrogens with zero attached hydrogens (tertiary/aromatic N) is 3. The van der Waals surface area contributed by atoms with Crippen LogP contribution in [0, 0.1) is 6.92 Å². The number of nitrogens with one attached hydrogen (secondary N) is 1. The molecule has 0 spiro atoms. The van der Waals surface area contributed by atoms with Crippen LogP contribution < -0.4 is 10.2 Å². The summed E-state index contributed by atoms with van der Waals surface area (Å²) in [6, 6.07) is 2.07. The fourth-order valence-corrected chi connectivity index (χ4v) is 2.68. The van der Waals surface area contributed by atoms with Gasteiger partial charge in [-0.25, -0.2) is 4.98 Å². The molecule has 1 aliphatic rings. The molecule has 0 aliphatic carbocycles. The molecule has 1 atom stereocenters. The van der Waals surface area contributed by atoms with E-state index in [1.54, 1.807) is 0 Å². The molecule has 0 amide bonds. The minimum atomic E-state index is 0.306. The van der Waals surface area contributed by atoms with Crippen molar-refractivity contribution in [3.8, 4) is 0 Å². The van der Waals surface area contributed by atoms with Crippen molar-refractivity contribution in [3.05, 3.63) is 11.8 Å². The van der Waals surface area contributed by atoms with E-state index in [1.165, 1.54) is 0 Å². The summed E-state index contributed by atoms with van der Waals surface area (Å²) in [4.78, 5) is 11.5. The Bertz CT molecular complexity index is 426. The molecule has 1 fully saturated rings. The molecule has 2 heterocycles. The lowest BCUT2D eigenvalue weighted by molar-refractivity contribution is 0.120. The lowest BCUT2D eigenvalue weighted by atomic mass is 10.2. The molecule has 1 unspecified atom stereocenters. The molecule has 1 aromatic heterocycles. The van der Waals surface area contributed by atoms with Gasteiger partial charge in [0.1, 0.15) is 5.82 Å². The second-order valence-corrected chi connectivity index (χ2v) is 5.69. The lowest BCUT2D eigenvalue weighted by Crippen LogP contribution is -2.27. The molecule has 1 N–H and O–H groups in total. The van der Waals surface area contributed by atoms with Crippen molar-refractivity contribution in [2.24, 2.45) is 0 Å². The maximum atomic E-state index is 5.63. The zero-order chi connectivity index (χ0) is 15.1. The molecule has 1 saturated heterocycles. The van der Waals surface area contributed by atoms with E-state index in [-0.39, 0.29) is 0 Å². The highest BCUT2D eigenvalue weighted by atomic mass is 16.5. The average molecular weight is 292 g/mol. The van der Waals surface area contributed by atoms with Gasteiger partial charge in [-0.3, -0.25) is 0 Å². The number of hydrogen-bond donors (Lipinski definition) is 1. The molecule has 118 valence electrons. The second-order valence-electron chi connectivity index (χ2n) is 5.69. The Morgan fingerprint density at radius 3 is 2.67 bits per heavy atom. The molecule has 5 heteroatoms. The van der Waals surface area contributed by atoms with Crippen molar-refractivity contribution in [2.75, 3.05) is 36.5 Å². The van der Waals surface area contributed by atoms with Gasteiger partial charge in [0.15, 0.2) is 0 Å². The SMILES string of the molecule is CCCN(CCC)c1cc(C)nc(NCC2CCCO2)n1. The quantitative estimate of drug-likeness (QED) is 0.798. The van der Waals surface area contributed by atoms with Gasteiger partial charge in [-0.2, -0.15) is 4.98 Å². The number of hydrogen-bond acceptors (Lipinski definition) is 5. The van der Waals surface area contributed by atoms with E-state index in [0.717, 1.165) is 69.4 Å². The number of aryl methyl sites for hydroxylation is 1. The predicted octanol–water partition coefficient (Wildman–Crippen LogP) is 3.00. The van der Waals surface area contributed by atoms with Gasteiger partial charge in [-0.05, 0) is 32.6 Å². The van der Waals surface area contributed by atoms with E-state index in [9.17, 15) is 0 Å². The predicted molar refractivity (Wildman–Crippen MR) is 87.0 cm³/mol. The van der Waals surface area contributed by atoms with Gasteiger partial charge in [-0.15, -0.1) is 0 Å². The fraction of sp³-hybridized carbons (Fsp3) is 0.750. The molecule has 1 aromatic rings. The third kappa shape index (κ3) is 4.84. The van der Waals surface area contributed by atoms with Crippen molar-refractivity contribution in [3.63, 3.8) is 0 Å². The van der Waals surface area contributed by atoms with E-state index in [0.29, 0.717) is 6.10 Å². The van der Waals surface area contributed by atoms with Crippen LogP contribution >= 0.6 is 0 Å². The Labute approximate surface area is 128 Å². The standard InChI is InChI=1S/C16H28N4O/c1-4-8-20(9-5-2)15-11-13(3)18-16(19-15)17-12-14-7-6-10-21-14/h11,14H,4-10,12H2,1-3H3,(H,17,18,19). The van der Waals surface area contributed by atoms with Crippen molar-refractivity contribution >= 4 is 11.8 Å². The first-order valence-electron chi connectivity index (χ1n) is 8.19. The molecule has 2 rings (SSSR count). The van der Waals surface area contributed by atoms with E-state index in [2.05, 4.69) is 40.1 Å². The zero-order valence-corrected chi connectivity index (χ0v) is 13.6. The van der Waals surface area contributed by atoms with Crippen LogP contribution in [0.5, 0.6) is 0 Å². The van der Waals surface area contributed by atoms with Crippen LogP contribution in [-0.2, 0) is 4.74 Å². The summed E-state index contributed by atoms with van der Waals surface area (Å²) in [5.74, 6) is 1.75. The van der Waals surface area contributed by atoms with Crippen LogP contribution in [0.4, 0.5) is 11.8 Å². The molecule has 0 aromatic carbocycles. The Hall–Kier alpha value is -1.36. The summed E-state index contributed by atoms with van der Waals surface area (Å²) < 4.78 is 5.63. The first-order valence-corrected chi connectivity index (χ1v) is 8.19. The van der Waals surface area contributed by atoms with E-state index < -0.39 is 0 Å². The fourth-order valence-electron chi connectivity index (χ4n) is 2.68. The number of anilines is 2. The largest absolute Gasteiger partial charge is 0.376 e. The Balaban J connectivity index is 2.03. The number of rotatable bonds is 8. The van der Waals surface area contributed by atoms with Crippen LogP contribution in [0.25, 0.3) is 0 Å². The van der Waals surface area contributed by atoms with Gasteiger partial charge >= 0.3 is 0 Å². The van der Waals surface area contributed by atoms with Crippen LogP contribution in [0.2, 0.25) is 0 Å². The average Bonchev–Trinajstić information content (AvgIpc) is 2.98. The summed E-state index contributed by atoms with van der Waals surface area (Å²) in [6.45, 7) is 10.2. The third-order valence-electron chi connectivity index (χ3n) is 3.66. The Kier molecular flexibility index (Phi) is 6.23. The van der Waals surface area contributed by atoms with Crippen molar-refractivity contribution in [1.29, 1.82) is 0 Å². The Morgan fingerprint density at radius 2 is 2.05 bits per heavy atom. The first-order chi connectivity index (χ1) is 10.2. The minimum absolute atomic E-state index is 0.306. The summed E-state index contributed by atoms with van der Waals surface area (Å²) in [6.07, 6.45) is 4.85. The van der Waals surface area contributed by atoms with Gasteiger partial charge < -0.3 is 15.0 Å². The second kappa shape index (κ2) is 8.17. The topological polar surface area (TPSA) is 50.3 Å². The summed E-state index contributed by atoms with van der Waals surface area (Å²) in [5.41, 5.74) is 1.01. The first kappa shape index (κ1) is 16.0. The number of ether oxygens (including phenoxy) is 1. The van der Waals surface area contributed by atoms with Crippen LogP contribution in [0.15, 0.2) is 6.07 Å². The van der Waals surface area contributed by atoms with Gasteiger partial charge in [-0.1, -0.05) is 13.8 Å². The highest BCUT2D eigenvalue weighted by Gasteiger charge is 2.16. The maximum absolute atomic E-state index is 5.63. The van der Waals surface area contributed by atoms with Crippen LogP contribution in [0.1, 0.15) is 45.2 Å². The van der Waals surface area contributed by atoms with E-state index >= 15 is 0 Å². The normalized spacial score (nSPS) is 18.0. The van der Waals surface area contributed by atoms with E-state index in [1.807, 2.05) is 6.92 Å². The molecule has 0 bridgehead atoms. The molecule has 5 nitrogen and oxygen atoms in total. The third-order valence-corrected chi connectivity index (χ3v) is 3.66. The lowest BCUT2D eigenvalue weighted by Gasteiger charge is -2.23. The van der Waals surface area contributed by atoms with Gasteiger partial charge in [0.2, 0.25) is 5.95 Å². The molecule has 1 aliphatic heterocycles. The molecular weight excluding hydrogens is 264 g/mol. The zero-order valence-electron chi connectivity index (χ0n) is 13.6.